The van der Waals surface area contributed by atoms with Gasteiger partial charge in [-0.1, -0.05) is 19.8 Å². The number of nitro groups is 1. The molecule has 1 aromatic heterocycles. The van der Waals surface area contributed by atoms with Crippen molar-refractivity contribution < 1.29 is 4.92 Å². The van der Waals surface area contributed by atoms with Crippen molar-refractivity contribution >= 4 is 11.5 Å². The van der Waals surface area contributed by atoms with Crippen molar-refractivity contribution in [3.05, 3.63) is 28.4 Å². The molecule has 1 aromatic rings. The quantitative estimate of drug-likeness (QED) is 0.643. The largest absolute Gasteiger partial charge is 0.386 e. The smallest absolute Gasteiger partial charge is 0.378 e. The second-order valence-electron chi connectivity index (χ2n) is 4.68. The van der Waals surface area contributed by atoms with Gasteiger partial charge in [0, 0.05) is 6.54 Å². The summed E-state index contributed by atoms with van der Waals surface area (Å²) in [7, 11) is 0. The minimum atomic E-state index is -0.444. The van der Waals surface area contributed by atoms with Crippen LogP contribution in [0.1, 0.15) is 26.2 Å². The molecule has 1 heterocycles. The summed E-state index contributed by atoms with van der Waals surface area (Å²) in [5.74, 6) is 1.24. The highest BCUT2D eigenvalue weighted by Crippen LogP contribution is 2.31. The lowest BCUT2D eigenvalue weighted by atomic mass is 9.98. The van der Waals surface area contributed by atoms with Gasteiger partial charge < -0.3 is 15.4 Å². The predicted octanol–water partition coefficient (Wildman–Crippen LogP) is 2.84. The first-order chi connectivity index (χ1) is 8.18. The zero-order valence-electron chi connectivity index (χ0n) is 9.93. The molecule has 1 fully saturated rings. The van der Waals surface area contributed by atoms with Crippen LogP contribution in [0.2, 0.25) is 0 Å². The van der Waals surface area contributed by atoms with Gasteiger partial charge in [-0.25, -0.2) is 0 Å². The molecule has 92 valence electrons. The van der Waals surface area contributed by atoms with Gasteiger partial charge in [0.05, 0.1) is 0 Å². The molecule has 0 aromatic carbocycles. The fourth-order valence-corrected chi connectivity index (χ4v) is 2.45. The maximum atomic E-state index is 10.8. The first kappa shape index (κ1) is 11.8. The molecule has 5 nitrogen and oxygen atoms in total. The Bertz CT molecular complexity index is 408. The number of rotatable bonds is 4. The lowest BCUT2D eigenvalue weighted by molar-refractivity contribution is -0.388. The van der Waals surface area contributed by atoms with E-state index in [2.05, 4.69) is 17.2 Å². The number of hydrogen-bond acceptors (Lipinski definition) is 4. The lowest BCUT2D eigenvalue weighted by Gasteiger charge is -2.16. The molecular formula is C12H17N3O2. The molecule has 2 atom stereocenters. The summed E-state index contributed by atoms with van der Waals surface area (Å²) in [5, 5.41) is 13.9. The molecule has 5 heteroatoms. The highest BCUT2D eigenvalue weighted by Gasteiger charge is 2.24. The highest BCUT2D eigenvalue weighted by molar-refractivity contribution is 5.56. The van der Waals surface area contributed by atoms with Crippen molar-refractivity contribution in [3.8, 4) is 0 Å². The minimum absolute atomic E-state index is 0.0850. The number of nitrogens with one attached hydrogen (secondary N) is 1. The fraction of sp³-hybridized carbons (Fsp3) is 0.583. The average Bonchev–Trinajstić information content (AvgIpc) is 2.72. The molecule has 17 heavy (non-hydrogen) atoms. The number of aromatic nitrogens is 1. The van der Waals surface area contributed by atoms with Crippen molar-refractivity contribution in [1.29, 1.82) is 0 Å². The fourth-order valence-electron chi connectivity index (χ4n) is 2.45. The Morgan fingerprint density at radius 2 is 2.41 bits per heavy atom. The Hall–Kier alpha value is -1.65. The van der Waals surface area contributed by atoms with Gasteiger partial charge in [0.15, 0.2) is 0 Å². The summed E-state index contributed by atoms with van der Waals surface area (Å²) in [6, 6.07) is 3.43. The van der Waals surface area contributed by atoms with Crippen LogP contribution in [-0.4, -0.2) is 16.5 Å². The summed E-state index contributed by atoms with van der Waals surface area (Å²) >= 11 is 0. The van der Waals surface area contributed by atoms with E-state index in [1.807, 2.05) is 0 Å². The van der Waals surface area contributed by atoms with Crippen molar-refractivity contribution in [2.24, 2.45) is 11.8 Å². The molecule has 0 saturated heterocycles. The molecule has 2 unspecified atom stereocenters. The molecular weight excluding hydrogens is 218 g/mol. The van der Waals surface area contributed by atoms with E-state index in [1.54, 1.807) is 12.1 Å². The Kier molecular flexibility index (Phi) is 3.56. The van der Waals surface area contributed by atoms with Gasteiger partial charge in [-0.15, -0.1) is 0 Å². The molecule has 0 aliphatic heterocycles. The zero-order valence-corrected chi connectivity index (χ0v) is 9.93. The topological polar surface area (TPSA) is 68.1 Å². The van der Waals surface area contributed by atoms with Crippen molar-refractivity contribution in [1.82, 2.24) is 4.98 Å². The van der Waals surface area contributed by atoms with Crippen LogP contribution >= 0.6 is 0 Å². The van der Waals surface area contributed by atoms with Crippen LogP contribution < -0.4 is 5.32 Å². The summed E-state index contributed by atoms with van der Waals surface area (Å²) in [4.78, 5) is 14.1. The van der Waals surface area contributed by atoms with Crippen LogP contribution in [0.4, 0.5) is 11.5 Å². The first-order valence-electron chi connectivity index (χ1n) is 6.01. The summed E-state index contributed by atoms with van der Waals surface area (Å²) in [5.41, 5.74) is 0.525. The standard InChI is InChI=1S/C12H17N3O2/c1-9-4-2-5-10(9)8-14-11-6-3-7-13-12(11)15(16)17/h3,6-7,9-10,14H,2,4-5,8H2,1H3. The van der Waals surface area contributed by atoms with E-state index in [-0.39, 0.29) is 5.82 Å². The Balaban J connectivity index is 2.01. The number of pyridine rings is 1. The van der Waals surface area contributed by atoms with Gasteiger partial charge in [0.25, 0.3) is 0 Å². The van der Waals surface area contributed by atoms with Gasteiger partial charge in [0.2, 0.25) is 0 Å². The molecule has 0 amide bonds. The molecule has 0 bridgehead atoms. The van der Waals surface area contributed by atoms with Gasteiger partial charge in [0.1, 0.15) is 11.9 Å². The lowest BCUT2D eigenvalue weighted by Crippen LogP contribution is -2.17. The van der Waals surface area contributed by atoms with Gasteiger partial charge in [-0.05, 0) is 40.3 Å². The number of anilines is 1. The van der Waals surface area contributed by atoms with Crippen molar-refractivity contribution in [3.63, 3.8) is 0 Å². The monoisotopic (exact) mass is 235 g/mol. The third-order valence-corrected chi connectivity index (χ3v) is 3.55. The van der Waals surface area contributed by atoms with Crippen LogP contribution in [-0.2, 0) is 0 Å². The second kappa shape index (κ2) is 5.12. The van der Waals surface area contributed by atoms with Crippen molar-refractivity contribution in [2.75, 3.05) is 11.9 Å². The third kappa shape index (κ3) is 2.72. The Morgan fingerprint density at radius 3 is 3.06 bits per heavy atom. The van der Waals surface area contributed by atoms with E-state index >= 15 is 0 Å². The second-order valence-corrected chi connectivity index (χ2v) is 4.68. The summed E-state index contributed by atoms with van der Waals surface area (Å²) < 4.78 is 0. The number of nitrogens with zero attached hydrogens (tertiary/aromatic N) is 2. The van der Waals surface area contributed by atoms with E-state index in [0.717, 1.165) is 6.54 Å². The summed E-state index contributed by atoms with van der Waals surface area (Å²) in [6.45, 7) is 3.05. The molecule has 0 radical (unpaired) electrons. The maximum absolute atomic E-state index is 10.8. The average molecular weight is 235 g/mol. The molecule has 1 N–H and O–H groups in total. The minimum Gasteiger partial charge on any atom is -0.378 e. The molecule has 0 spiro atoms. The third-order valence-electron chi connectivity index (χ3n) is 3.55. The normalized spacial score (nSPS) is 23.6. The highest BCUT2D eigenvalue weighted by atomic mass is 16.6. The first-order valence-corrected chi connectivity index (χ1v) is 6.01. The Labute approximate surface area is 100 Å². The van der Waals surface area contributed by atoms with Crippen LogP contribution in [0, 0.1) is 22.0 Å². The summed E-state index contributed by atoms with van der Waals surface area (Å²) in [6.07, 6.45) is 5.19. The van der Waals surface area contributed by atoms with Crippen LogP contribution in [0.15, 0.2) is 18.3 Å². The molecule has 1 saturated carbocycles. The molecule has 1 aliphatic rings. The van der Waals surface area contributed by atoms with Crippen molar-refractivity contribution in [2.45, 2.75) is 26.2 Å². The number of hydrogen-bond donors (Lipinski definition) is 1. The van der Waals surface area contributed by atoms with E-state index < -0.39 is 4.92 Å². The SMILES string of the molecule is CC1CCCC1CNc1cccnc1[N+](=O)[O-]. The van der Waals surface area contributed by atoms with Crippen LogP contribution in [0.5, 0.6) is 0 Å². The van der Waals surface area contributed by atoms with E-state index in [1.165, 1.54) is 25.5 Å². The predicted molar refractivity (Wildman–Crippen MR) is 65.9 cm³/mol. The molecule has 1 aliphatic carbocycles. The maximum Gasteiger partial charge on any atom is 0.386 e. The van der Waals surface area contributed by atoms with E-state index in [0.29, 0.717) is 17.5 Å². The van der Waals surface area contributed by atoms with E-state index in [9.17, 15) is 10.1 Å². The van der Waals surface area contributed by atoms with Gasteiger partial charge >= 0.3 is 5.82 Å². The molecule has 2 rings (SSSR count). The zero-order chi connectivity index (χ0) is 12.3. The van der Waals surface area contributed by atoms with Gasteiger partial charge in [-0.2, -0.15) is 0 Å². The van der Waals surface area contributed by atoms with Gasteiger partial charge in [-0.3, -0.25) is 0 Å². The Morgan fingerprint density at radius 1 is 1.59 bits per heavy atom. The van der Waals surface area contributed by atoms with Crippen LogP contribution in [0.3, 0.4) is 0 Å². The van der Waals surface area contributed by atoms with E-state index in [4.69, 9.17) is 0 Å². The van der Waals surface area contributed by atoms with Crippen LogP contribution in [0.25, 0.3) is 0 Å².